The van der Waals surface area contributed by atoms with E-state index in [9.17, 15) is 0 Å². The molecule has 0 bridgehead atoms. The average Bonchev–Trinajstić information content (AvgIpc) is 2.52. The number of benzene rings is 3. The predicted molar refractivity (Wildman–Crippen MR) is 111 cm³/mol. The van der Waals surface area contributed by atoms with Gasteiger partial charge in [-0.25, -0.2) is 0 Å². The van der Waals surface area contributed by atoms with Crippen molar-refractivity contribution in [1.82, 2.24) is 0 Å². The van der Waals surface area contributed by atoms with E-state index in [1.165, 1.54) is 33.4 Å². The van der Waals surface area contributed by atoms with Crippen molar-refractivity contribution in [2.75, 3.05) is 0 Å². The third-order valence-corrected chi connectivity index (χ3v) is 4.01. The SMILES string of the molecule is C.C.Cc1ccccc1-c1ccccc1C.Cc1ccccc1C. The third-order valence-electron chi connectivity index (χ3n) is 4.01. The van der Waals surface area contributed by atoms with Crippen molar-refractivity contribution >= 4 is 0 Å². The molecule has 3 rings (SSSR count). The van der Waals surface area contributed by atoms with Gasteiger partial charge in [0.05, 0.1) is 0 Å². The molecule has 24 heavy (non-hydrogen) atoms. The molecule has 128 valence electrons. The molecule has 0 heteroatoms. The Morgan fingerprint density at radius 1 is 0.375 bits per heavy atom. The van der Waals surface area contributed by atoms with E-state index < -0.39 is 0 Å². The van der Waals surface area contributed by atoms with E-state index in [-0.39, 0.29) is 14.9 Å². The van der Waals surface area contributed by atoms with Gasteiger partial charge in [-0.3, -0.25) is 0 Å². The van der Waals surface area contributed by atoms with Crippen molar-refractivity contribution in [3.63, 3.8) is 0 Å². The van der Waals surface area contributed by atoms with Gasteiger partial charge < -0.3 is 0 Å². The largest absolute Gasteiger partial charge is 0.0776 e. The maximum Gasteiger partial charge on any atom is -0.0152 e. The van der Waals surface area contributed by atoms with Crippen molar-refractivity contribution in [2.24, 2.45) is 0 Å². The lowest BCUT2D eigenvalue weighted by Gasteiger charge is -2.08. The van der Waals surface area contributed by atoms with E-state index >= 15 is 0 Å². The van der Waals surface area contributed by atoms with Gasteiger partial charge in [-0.1, -0.05) is 87.6 Å². The Labute approximate surface area is 149 Å². The summed E-state index contributed by atoms with van der Waals surface area (Å²) in [4.78, 5) is 0. The van der Waals surface area contributed by atoms with E-state index in [0.717, 1.165) is 0 Å². The molecule has 0 aliphatic heterocycles. The standard InChI is InChI=1S/C14H14.C8H10.2CH4/c1-11-7-3-5-9-13(11)14-10-6-4-8-12(14)2;1-7-5-3-4-6-8(7)2;;/h3-10H,1-2H3;3-6H,1-2H3;2*1H4. The summed E-state index contributed by atoms with van der Waals surface area (Å²) < 4.78 is 0. The van der Waals surface area contributed by atoms with Crippen LogP contribution in [0.5, 0.6) is 0 Å². The number of aryl methyl sites for hydroxylation is 4. The smallest absolute Gasteiger partial charge is 0.0152 e. The molecule has 0 spiro atoms. The molecule has 0 unspecified atom stereocenters. The van der Waals surface area contributed by atoms with E-state index in [4.69, 9.17) is 0 Å². The molecule has 0 aliphatic carbocycles. The van der Waals surface area contributed by atoms with Crippen LogP contribution < -0.4 is 0 Å². The monoisotopic (exact) mass is 320 g/mol. The fraction of sp³-hybridized carbons (Fsp3) is 0.250. The maximum atomic E-state index is 2.18. The molecule has 0 atom stereocenters. The normalized spacial score (nSPS) is 9.00. The Morgan fingerprint density at radius 3 is 0.875 bits per heavy atom. The zero-order valence-electron chi connectivity index (χ0n) is 13.9. The number of hydrogen-bond donors (Lipinski definition) is 0. The van der Waals surface area contributed by atoms with Crippen LogP contribution in [-0.4, -0.2) is 0 Å². The van der Waals surface area contributed by atoms with E-state index in [2.05, 4.69) is 100 Å². The molecule has 0 aromatic heterocycles. The summed E-state index contributed by atoms with van der Waals surface area (Å²) in [5, 5.41) is 0. The Balaban J connectivity index is 0.000000460. The molecule has 0 saturated heterocycles. The highest BCUT2D eigenvalue weighted by Gasteiger charge is 2.02. The summed E-state index contributed by atoms with van der Waals surface area (Å²) in [5.74, 6) is 0. The Morgan fingerprint density at radius 2 is 0.625 bits per heavy atom. The van der Waals surface area contributed by atoms with Crippen LogP contribution in [0.15, 0.2) is 72.8 Å². The zero-order valence-corrected chi connectivity index (χ0v) is 13.9. The van der Waals surface area contributed by atoms with Gasteiger partial charge in [0.2, 0.25) is 0 Å². The topological polar surface area (TPSA) is 0 Å². The first-order valence-electron chi connectivity index (χ1n) is 7.73. The summed E-state index contributed by atoms with van der Waals surface area (Å²) in [6.45, 7) is 8.55. The minimum Gasteiger partial charge on any atom is -0.0776 e. The van der Waals surface area contributed by atoms with Crippen LogP contribution in [0.25, 0.3) is 11.1 Å². The van der Waals surface area contributed by atoms with Crippen LogP contribution in [0.4, 0.5) is 0 Å². The summed E-state index contributed by atoms with van der Waals surface area (Å²) >= 11 is 0. The fourth-order valence-electron chi connectivity index (χ4n) is 2.41. The zero-order chi connectivity index (χ0) is 15.9. The van der Waals surface area contributed by atoms with Gasteiger partial charge in [-0.05, 0) is 61.1 Å². The van der Waals surface area contributed by atoms with Crippen molar-refractivity contribution < 1.29 is 0 Å². The number of hydrogen-bond acceptors (Lipinski definition) is 0. The molecule has 0 radical (unpaired) electrons. The lowest BCUT2D eigenvalue weighted by molar-refractivity contribution is 1.34. The van der Waals surface area contributed by atoms with Gasteiger partial charge in [-0.15, -0.1) is 0 Å². The first-order valence-corrected chi connectivity index (χ1v) is 7.73. The molecule has 0 saturated carbocycles. The second kappa shape index (κ2) is 10.4. The molecule has 3 aromatic carbocycles. The predicted octanol–water partition coefficient (Wildman–Crippen LogP) is 7.55. The van der Waals surface area contributed by atoms with Crippen molar-refractivity contribution in [3.05, 3.63) is 95.1 Å². The molecular weight excluding hydrogens is 288 g/mol. The quantitative estimate of drug-likeness (QED) is 0.434. The van der Waals surface area contributed by atoms with Crippen LogP contribution in [-0.2, 0) is 0 Å². The summed E-state index contributed by atoms with van der Waals surface area (Å²) in [5.41, 5.74) is 8.08. The van der Waals surface area contributed by atoms with Gasteiger partial charge >= 0.3 is 0 Å². The van der Waals surface area contributed by atoms with E-state index in [0.29, 0.717) is 0 Å². The first-order chi connectivity index (χ1) is 10.6. The molecule has 0 fully saturated rings. The summed E-state index contributed by atoms with van der Waals surface area (Å²) in [6, 6.07) is 25.4. The summed E-state index contributed by atoms with van der Waals surface area (Å²) in [6.07, 6.45) is 0. The van der Waals surface area contributed by atoms with Crippen LogP contribution in [0, 0.1) is 27.7 Å². The van der Waals surface area contributed by atoms with Crippen LogP contribution in [0.3, 0.4) is 0 Å². The highest BCUT2D eigenvalue weighted by atomic mass is 14.1. The number of rotatable bonds is 1. The second-order valence-corrected chi connectivity index (χ2v) is 5.71. The fourth-order valence-corrected chi connectivity index (χ4v) is 2.41. The molecule has 0 amide bonds. The molecule has 0 aliphatic rings. The van der Waals surface area contributed by atoms with Crippen LogP contribution in [0.1, 0.15) is 37.1 Å². The lowest BCUT2D eigenvalue weighted by Crippen LogP contribution is -1.85. The highest BCUT2D eigenvalue weighted by molar-refractivity contribution is 5.70. The molecule has 3 aromatic rings. The summed E-state index contributed by atoms with van der Waals surface area (Å²) in [7, 11) is 0. The Bertz CT molecular complexity index is 674. The first kappa shape index (κ1) is 21.7. The van der Waals surface area contributed by atoms with Gasteiger partial charge in [0.15, 0.2) is 0 Å². The molecule has 0 heterocycles. The van der Waals surface area contributed by atoms with E-state index in [1.54, 1.807) is 0 Å². The average molecular weight is 321 g/mol. The van der Waals surface area contributed by atoms with E-state index in [1.807, 2.05) is 0 Å². The molecule has 0 nitrogen and oxygen atoms in total. The Kier molecular flexibility index (Phi) is 9.42. The van der Waals surface area contributed by atoms with Crippen molar-refractivity contribution in [2.45, 2.75) is 42.5 Å². The van der Waals surface area contributed by atoms with Crippen molar-refractivity contribution in [1.29, 1.82) is 0 Å². The van der Waals surface area contributed by atoms with Crippen LogP contribution >= 0.6 is 0 Å². The minimum atomic E-state index is 0. The molecule has 0 N–H and O–H groups in total. The van der Waals surface area contributed by atoms with Gasteiger partial charge in [0.1, 0.15) is 0 Å². The Hall–Kier alpha value is -2.34. The van der Waals surface area contributed by atoms with Gasteiger partial charge in [-0.2, -0.15) is 0 Å². The van der Waals surface area contributed by atoms with Crippen LogP contribution in [0.2, 0.25) is 0 Å². The van der Waals surface area contributed by atoms with Gasteiger partial charge in [0.25, 0.3) is 0 Å². The van der Waals surface area contributed by atoms with Crippen molar-refractivity contribution in [3.8, 4) is 11.1 Å². The maximum absolute atomic E-state index is 2.18. The second-order valence-electron chi connectivity index (χ2n) is 5.71. The third kappa shape index (κ3) is 5.70. The lowest BCUT2D eigenvalue weighted by atomic mass is 9.97. The minimum absolute atomic E-state index is 0. The van der Waals surface area contributed by atoms with Gasteiger partial charge in [0, 0.05) is 0 Å². The highest BCUT2D eigenvalue weighted by Crippen LogP contribution is 2.25. The molecular formula is C24H32.